The molecule has 1 aliphatic rings. The first kappa shape index (κ1) is 6.59. The molecule has 0 unspecified atom stereocenters. The van der Waals surface area contributed by atoms with Crippen molar-refractivity contribution in [3.05, 3.63) is 0 Å². The van der Waals surface area contributed by atoms with Crippen molar-refractivity contribution in [2.75, 3.05) is 6.54 Å². The molecule has 0 saturated carbocycles. The van der Waals surface area contributed by atoms with Crippen molar-refractivity contribution in [3.63, 3.8) is 0 Å². The van der Waals surface area contributed by atoms with Crippen LogP contribution in [0, 0.1) is 5.41 Å². The van der Waals surface area contributed by atoms with E-state index < -0.39 is 0 Å². The Morgan fingerprint density at radius 1 is 1.78 bits per heavy atom. The highest BCUT2D eigenvalue weighted by molar-refractivity contribution is 5.79. The number of carbonyl (C=O) groups excluding carboxylic acids is 1. The van der Waals surface area contributed by atoms with Gasteiger partial charge in [0, 0.05) is 13.0 Å². The molecule has 1 saturated heterocycles. The summed E-state index contributed by atoms with van der Waals surface area (Å²) in [5.41, 5.74) is 0.247. The van der Waals surface area contributed by atoms with E-state index in [4.69, 9.17) is 0 Å². The lowest BCUT2D eigenvalue weighted by Crippen LogP contribution is -2.19. The van der Waals surface area contributed by atoms with Crippen LogP contribution in [0.3, 0.4) is 0 Å². The summed E-state index contributed by atoms with van der Waals surface area (Å²) in [6.45, 7) is 5.13. The Labute approximate surface area is 55.6 Å². The van der Waals surface area contributed by atoms with Crippen LogP contribution in [-0.2, 0) is 4.79 Å². The van der Waals surface area contributed by atoms with Gasteiger partial charge in [-0.15, -0.1) is 0 Å². The number of amides is 1. The highest BCUT2D eigenvalue weighted by Crippen LogP contribution is 2.28. The highest BCUT2D eigenvalue weighted by atomic mass is 16.1. The van der Waals surface area contributed by atoms with Crippen LogP contribution in [0.15, 0.2) is 0 Å². The molecule has 0 aromatic heterocycles. The molecule has 1 rings (SSSR count). The molecule has 0 aliphatic carbocycles. The van der Waals surface area contributed by atoms with Crippen molar-refractivity contribution < 1.29 is 4.79 Å². The van der Waals surface area contributed by atoms with E-state index in [2.05, 4.69) is 19.2 Å². The minimum atomic E-state index is 0.208. The first-order chi connectivity index (χ1) is 4.16. The maximum Gasteiger partial charge on any atom is 0.220 e. The minimum Gasteiger partial charge on any atom is -0.356 e. The quantitative estimate of drug-likeness (QED) is 0.557. The highest BCUT2D eigenvalue weighted by Gasteiger charge is 2.31. The normalized spacial score (nSPS) is 34.7. The second-order valence-corrected chi connectivity index (χ2v) is 3.12. The molecule has 1 N–H and O–H groups in total. The Morgan fingerprint density at radius 3 is 2.67 bits per heavy atom. The molecule has 0 radical (unpaired) electrons. The number of hydrogen-bond donors (Lipinski definition) is 1. The smallest absolute Gasteiger partial charge is 0.220 e. The van der Waals surface area contributed by atoms with Crippen LogP contribution < -0.4 is 5.32 Å². The van der Waals surface area contributed by atoms with E-state index in [1.54, 1.807) is 0 Å². The molecule has 1 fully saturated rings. The monoisotopic (exact) mass is 127 g/mol. The Hall–Kier alpha value is -0.530. The third kappa shape index (κ3) is 1.23. The van der Waals surface area contributed by atoms with E-state index in [1.165, 1.54) is 0 Å². The van der Waals surface area contributed by atoms with Crippen LogP contribution in [0.25, 0.3) is 0 Å². The summed E-state index contributed by atoms with van der Waals surface area (Å²) < 4.78 is 0. The molecule has 1 atom stereocenters. The van der Waals surface area contributed by atoms with Gasteiger partial charge in [0.2, 0.25) is 5.91 Å². The zero-order valence-electron chi connectivity index (χ0n) is 6.03. The lowest BCUT2D eigenvalue weighted by molar-refractivity contribution is -0.119. The van der Waals surface area contributed by atoms with Gasteiger partial charge in [-0.25, -0.2) is 0 Å². The number of carbonyl (C=O) groups is 1. The number of rotatable bonds is 1. The van der Waals surface area contributed by atoms with Gasteiger partial charge in [0.1, 0.15) is 0 Å². The van der Waals surface area contributed by atoms with Gasteiger partial charge in [-0.3, -0.25) is 4.79 Å². The Kier molecular flexibility index (Phi) is 1.47. The molecule has 2 heteroatoms. The molecule has 0 bridgehead atoms. The number of hydrogen-bond acceptors (Lipinski definition) is 1. The van der Waals surface area contributed by atoms with Gasteiger partial charge in [0.15, 0.2) is 0 Å². The summed E-state index contributed by atoms with van der Waals surface area (Å²) in [5.74, 6) is 0.208. The summed E-state index contributed by atoms with van der Waals surface area (Å²) >= 11 is 0. The zero-order valence-corrected chi connectivity index (χ0v) is 6.03. The molecule has 1 heterocycles. The van der Waals surface area contributed by atoms with Crippen LogP contribution in [0.2, 0.25) is 0 Å². The van der Waals surface area contributed by atoms with E-state index in [-0.39, 0.29) is 11.3 Å². The van der Waals surface area contributed by atoms with E-state index in [0.717, 1.165) is 13.0 Å². The minimum absolute atomic E-state index is 0.208. The van der Waals surface area contributed by atoms with E-state index in [1.807, 2.05) is 0 Å². The maximum atomic E-state index is 10.7. The largest absolute Gasteiger partial charge is 0.356 e. The van der Waals surface area contributed by atoms with Crippen molar-refractivity contribution in [2.45, 2.75) is 26.7 Å². The lowest BCUT2D eigenvalue weighted by Gasteiger charge is -2.17. The van der Waals surface area contributed by atoms with Crippen molar-refractivity contribution >= 4 is 5.91 Å². The zero-order chi connectivity index (χ0) is 6.91. The second kappa shape index (κ2) is 2.01. The molecule has 52 valence electrons. The summed E-state index contributed by atoms with van der Waals surface area (Å²) in [6, 6.07) is 0. The molecular weight excluding hydrogens is 114 g/mol. The van der Waals surface area contributed by atoms with E-state index in [9.17, 15) is 4.79 Å². The summed E-state index contributed by atoms with van der Waals surface area (Å²) in [6.07, 6.45) is 1.80. The summed E-state index contributed by atoms with van der Waals surface area (Å²) in [7, 11) is 0. The van der Waals surface area contributed by atoms with Crippen LogP contribution in [-0.4, -0.2) is 12.5 Å². The average Bonchev–Trinajstić information content (AvgIpc) is 2.13. The molecule has 0 aromatic carbocycles. The van der Waals surface area contributed by atoms with Gasteiger partial charge in [-0.1, -0.05) is 13.8 Å². The van der Waals surface area contributed by atoms with E-state index >= 15 is 0 Å². The van der Waals surface area contributed by atoms with Gasteiger partial charge in [0.25, 0.3) is 0 Å². The molecule has 2 nitrogen and oxygen atoms in total. The molecule has 0 aromatic rings. The van der Waals surface area contributed by atoms with Crippen LogP contribution in [0.4, 0.5) is 0 Å². The molecular formula is C7H13NO. The fourth-order valence-electron chi connectivity index (χ4n) is 1.07. The molecule has 9 heavy (non-hydrogen) atoms. The Bertz CT molecular complexity index is 133. The maximum absolute atomic E-state index is 10.7. The van der Waals surface area contributed by atoms with Gasteiger partial charge in [-0.05, 0) is 11.8 Å². The standard InChI is InChI=1S/C7H13NO/c1-3-7(2)4-6(9)8-5-7/h3-5H2,1-2H3,(H,8,9)/t7-/m0/s1. The summed E-state index contributed by atoms with van der Waals surface area (Å²) in [5, 5.41) is 2.82. The lowest BCUT2D eigenvalue weighted by atomic mass is 9.87. The van der Waals surface area contributed by atoms with Crippen LogP contribution >= 0.6 is 0 Å². The van der Waals surface area contributed by atoms with Crippen molar-refractivity contribution in [1.29, 1.82) is 0 Å². The van der Waals surface area contributed by atoms with Crippen LogP contribution in [0.5, 0.6) is 0 Å². The van der Waals surface area contributed by atoms with Crippen molar-refractivity contribution in [3.8, 4) is 0 Å². The predicted molar refractivity (Wildman–Crippen MR) is 36.0 cm³/mol. The van der Waals surface area contributed by atoms with Crippen molar-refractivity contribution in [1.82, 2.24) is 5.32 Å². The third-order valence-electron chi connectivity index (χ3n) is 2.15. The van der Waals surface area contributed by atoms with Gasteiger partial charge >= 0.3 is 0 Å². The SMILES string of the molecule is CC[C@]1(C)CNC(=O)C1. The topological polar surface area (TPSA) is 29.1 Å². The first-order valence-corrected chi connectivity index (χ1v) is 3.43. The van der Waals surface area contributed by atoms with Crippen LogP contribution in [0.1, 0.15) is 26.7 Å². The number of nitrogens with one attached hydrogen (secondary N) is 1. The third-order valence-corrected chi connectivity index (χ3v) is 2.15. The first-order valence-electron chi connectivity index (χ1n) is 3.43. The molecule has 1 aliphatic heterocycles. The Morgan fingerprint density at radius 2 is 2.44 bits per heavy atom. The van der Waals surface area contributed by atoms with Gasteiger partial charge in [0.05, 0.1) is 0 Å². The van der Waals surface area contributed by atoms with Crippen molar-refractivity contribution in [2.24, 2.45) is 5.41 Å². The fraction of sp³-hybridized carbons (Fsp3) is 0.857. The average molecular weight is 127 g/mol. The van der Waals surface area contributed by atoms with Gasteiger partial charge < -0.3 is 5.32 Å². The molecule has 0 spiro atoms. The predicted octanol–water partition coefficient (Wildman–Crippen LogP) is 0.923. The fourth-order valence-corrected chi connectivity index (χ4v) is 1.07. The second-order valence-electron chi connectivity index (χ2n) is 3.12. The molecule has 1 amide bonds. The Balaban J connectivity index is 2.54. The van der Waals surface area contributed by atoms with E-state index in [0.29, 0.717) is 6.42 Å². The summed E-state index contributed by atoms with van der Waals surface area (Å²) in [4.78, 5) is 10.7. The van der Waals surface area contributed by atoms with Gasteiger partial charge in [-0.2, -0.15) is 0 Å².